The molecule has 0 aromatic heterocycles. The topological polar surface area (TPSA) is 69.6 Å². The van der Waals surface area contributed by atoms with Crippen LogP contribution in [0.4, 0.5) is 0 Å². The largest absolute Gasteiger partial charge is 0.394 e. The summed E-state index contributed by atoms with van der Waals surface area (Å²) in [5.41, 5.74) is 0. The second-order valence-electron chi connectivity index (χ2n) is 14.4. The number of aliphatic hydroxyl groups excluding tert-OH is 2. The van der Waals surface area contributed by atoms with Gasteiger partial charge in [-0.05, 0) is 38.5 Å². The summed E-state index contributed by atoms with van der Waals surface area (Å²) in [7, 11) is 0. The van der Waals surface area contributed by atoms with E-state index in [9.17, 15) is 15.0 Å². The van der Waals surface area contributed by atoms with Gasteiger partial charge in [-0.15, -0.1) is 0 Å². The molecular weight excluding hydrogens is 566 g/mol. The minimum absolute atomic E-state index is 0.0385. The van der Waals surface area contributed by atoms with Crippen molar-refractivity contribution in [3.8, 4) is 0 Å². The van der Waals surface area contributed by atoms with Crippen LogP contribution in [-0.2, 0) is 4.79 Å². The highest BCUT2D eigenvalue weighted by Crippen LogP contribution is 2.16. The van der Waals surface area contributed by atoms with E-state index < -0.39 is 12.1 Å². The van der Waals surface area contributed by atoms with Gasteiger partial charge in [0.1, 0.15) is 0 Å². The van der Waals surface area contributed by atoms with E-state index in [0.29, 0.717) is 12.8 Å². The fraction of sp³-hybridized carbons (Fsp3) is 0.929. The second-order valence-corrected chi connectivity index (χ2v) is 14.4. The number of rotatable bonds is 38. The van der Waals surface area contributed by atoms with E-state index in [2.05, 4.69) is 31.3 Å². The van der Waals surface area contributed by atoms with Crippen molar-refractivity contribution in [3.05, 3.63) is 12.2 Å². The molecule has 4 heteroatoms. The Kier molecular flexibility index (Phi) is 37.8. The van der Waals surface area contributed by atoms with E-state index >= 15 is 0 Å². The van der Waals surface area contributed by atoms with Crippen LogP contribution in [0.15, 0.2) is 12.2 Å². The average molecular weight is 650 g/mol. The highest BCUT2D eigenvalue weighted by molar-refractivity contribution is 5.76. The number of carbonyl (C=O) groups excluding carboxylic acids is 1. The molecule has 0 aliphatic heterocycles. The maximum atomic E-state index is 12.4. The minimum Gasteiger partial charge on any atom is -0.394 e. The molecule has 2 unspecified atom stereocenters. The van der Waals surface area contributed by atoms with E-state index in [1.807, 2.05) is 0 Å². The van der Waals surface area contributed by atoms with Crippen molar-refractivity contribution in [2.24, 2.45) is 0 Å². The van der Waals surface area contributed by atoms with Crippen molar-refractivity contribution in [1.29, 1.82) is 0 Å². The lowest BCUT2D eigenvalue weighted by molar-refractivity contribution is -0.123. The van der Waals surface area contributed by atoms with Crippen LogP contribution < -0.4 is 5.32 Å². The summed E-state index contributed by atoms with van der Waals surface area (Å²) < 4.78 is 0. The number of allylic oxidation sites excluding steroid dienone is 2. The van der Waals surface area contributed by atoms with Gasteiger partial charge in [0.05, 0.1) is 18.8 Å². The van der Waals surface area contributed by atoms with Gasteiger partial charge in [-0.3, -0.25) is 4.79 Å². The SMILES string of the molecule is CCCCCCC/C=C\CCCCCCCC(=O)NC(CO)C(O)CCCCCCCCCCCCCCCCCCCCCC. The van der Waals surface area contributed by atoms with Gasteiger partial charge in [0.25, 0.3) is 0 Å². The van der Waals surface area contributed by atoms with Crippen molar-refractivity contribution in [2.45, 2.75) is 244 Å². The zero-order chi connectivity index (χ0) is 33.6. The average Bonchev–Trinajstić information content (AvgIpc) is 3.06. The molecule has 0 aromatic rings. The van der Waals surface area contributed by atoms with Crippen molar-refractivity contribution in [1.82, 2.24) is 5.32 Å². The van der Waals surface area contributed by atoms with E-state index in [1.165, 1.54) is 180 Å². The van der Waals surface area contributed by atoms with Gasteiger partial charge < -0.3 is 15.5 Å². The van der Waals surface area contributed by atoms with E-state index in [0.717, 1.165) is 25.7 Å². The number of aliphatic hydroxyl groups is 2. The van der Waals surface area contributed by atoms with Crippen LogP contribution in [0.5, 0.6) is 0 Å². The molecule has 0 heterocycles. The van der Waals surface area contributed by atoms with Crippen LogP contribution in [0.1, 0.15) is 232 Å². The van der Waals surface area contributed by atoms with Gasteiger partial charge in [0.2, 0.25) is 5.91 Å². The molecule has 2 atom stereocenters. The summed E-state index contributed by atoms with van der Waals surface area (Å²) in [5.74, 6) is -0.0385. The van der Waals surface area contributed by atoms with Crippen molar-refractivity contribution >= 4 is 5.91 Å². The van der Waals surface area contributed by atoms with Crippen molar-refractivity contribution < 1.29 is 15.0 Å². The first-order valence-corrected chi connectivity index (χ1v) is 20.9. The highest BCUT2D eigenvalue weighted by Gasteiger charge is 2.19. The molecular formula is C42H83NO3. The lowest BCUT2D eigenvalue weighted by Gasteiger charge is -2.22. The third-order valence-corrected chi connectivity index (χ3v) is 9.78. The van der Waals surface area contributed by atoms with E-state index in [-0.39, 0.29) is 12.5 Å². The molecule has 0 saturated heterocycles. The Hall–Kier alpha value is -0.870. The maximum absolute atomic E-state index is 12.4. The summed E-state index contributed by atoms with van der Waals surface area (Å²) in [6.45, 7) is 4.35. The van der Waals surface area contributed by atoms with Gasteiger partial charge in [0, 0.05) is 6.42 Å². The van der Waals surface area contributed by atoms with Gasteiger partial charge >= 0.3 is 0 Å². The smallest absolute Gasteiger partial charge is 0.220 e. The molecule has 1 amide bonds. The first kappa shape index (κ1) is 45.1. The van der Waals surface area contributed by atoms with Crippen LogP contribution in [0.2, 0.25) is 0 Å². The normalized spacial score (nSPS) is 13.0. The van der Waals surface area contributed by atoms with Crippen LogP contribution in [-0.4, -0.2) is 34.9 Å². The van der Waals surface area contributed by atoms with Gasteiger partial charge in [-0.1, -0.05) is 199 Å². The zero-order valence-electron chi connectivity index (χ0n) is 31.4. The predicted octanol–water partition coefficient (Wildman–Crippen LogP) is 12.7. The second kappa shape index (κ2) is 38.6. The molecule has 274 valence electrons. The molecule has 4 nitrogen and oxygen atoms in total. The first-order chi connectivity index (χ1) is 22.7. The van der Waals surface area contributed by atoms with E-state index in [1.54, 1.807) is 0 Å². The quantitative estimate of drug-likeness (QED) is 0.0460. The van der Waals surface area contributed by atoms with Gasteiger partial charge in [-0.2, -0.15) is 0 Å². The number of carbonyl (C=O) groups is 1. The number of hydrogen-bond donors (Lipinski definition) is 3. The van der Waals surface area contributed by atoms with E-state index in [4.69, 9.17) is 0 Å². The van der Waals surface area contributed by atoms with Crippen LogP contribution >= 0.6 is 0 Å². The number of unbranched alkanes of at least 4 members (excludes halogenated alkanes) is 29. The monoisotopic (exact) mass is 650 g/mol. The van der Waals surface area contributed by atoms with Crippen LogP contribution in [0.3, 0.4) is 0 Å². The summed E-state index contributed by atoms with van der Waals surface area (Å²) in [6.07, 6.45) is 47.1. The molecule has 0 rings (SSSR count). The molecule has 0 fully saturated rings. The minimum atomic E-state index is -0.658. The highest BCUT2D eigenvalue weighted by atomic mass is 16.3. The molecule has 0 saturated carbocycles. The Balaban J connectivity index is 3.50. The third kappa shape index (κ3) is 34.5. The lowest BCUT2D eigenvalue weighted by Crippen LogP contribution is -2.45. The lowest BCUT2D eigenvalue weighted by atomic mass is 10.0. The molecule has 0 aromatic carbocycles. The Morgan fingerprint density at radius 2 is 0.826 bits per heavy atom. The predicted molar refractivity (Wildman–Crippen MR) is 202 cm³/mol. The number of hydrogen-bond acceptors (Lipinski definition) is 3. The number of amides is 1. The third-order valence-electron chi connectivity index (χ3n) is 9.78. The zero-order valence-corrected chi connectivity index (χ0v) is 31.4. The molecule has 0 spiro atoms. The molecule has 0 bridgehead atoms. The molecule has 0 aliphatic rings. The van der Waals surface area contributed by atoms with Crippen molar-refractivity contribution in [2.75, 3.05) is 6.61 Å². The molecule has 0 aliphatic carbocycles. The molecule has 46 heavy (non-hydrogen) atoms. The van der Waals surface area contributed by atoms with Crippen LogP contribution in [0, 0.1) is 0 Å². The standard InChI is InChI=1S/C42H83NO3/c1-3-5-7-9-11-13-15-17-19-20-21-22-23-24-25-27-29-31-33-35-37-41(45)40(39-44)43-42(46)38-36-34-32-30-28-26-18-16-14-12-10-8-6-4-2/h16,18,40-41,44-45H,3-15,17,19-39H2,1-2H3,(H,43,46)/b18-16-. The summed E-state index contributed by atoms with van der Waals surface area (Å²) in [5, 5.41) is 23.1. The first-order valence-electron chi connectivity index (χ1n) is 20.9. The molecule has 0 radical (unpaired) electrons. The Morgan fingerprint density at radius 1 is 0.500 bits per heavy atom. The van der Waals surface area contributed by atoms with Gasteiger partial charge in [0.15, 0.2) is 0 Å². The molecule has 3 N–H and O–H groups in total. The Bertz CT molecular complexity index is 622. The van der Waals surface area contributed by atoms with Gasteiger partial charge in [-0.25, -0.2) is 0 Å². The summed E-state index contributed by atoms with van der Waals surface area (Å²) in [4.78, 5) is 12.4. The fourth-order valence-corrected chi connectivity index (χ4v) is 6.53. The summed E-state index contributed by atoms with van der Waals surface area (Å²) in [6, 6.07) is -0.536. The van der Waals surface area contributed by atoms with Crippen LogP contribution in [0.25, 0.3) is 0 Å². The maximum Gasteiger partial charge on any atom is 0.220 e. The van der Waals surface area contributed by atoms with Crippen molar-refractivity contribution in [3.63, 3.8) is 0 Å². The summed E-state index contributed by atoms with van der Waals surface area (Å²) >= 11 is 0. The Morgan fingerprint density at radius 3 is 1.20 bits per heavy atom. The number of nitrogens with one attached hydrogen (secondary N) is 1. The Labute approximate surface area is 288 Å². The fourth-order valence-electron chi connectivity index (χ4n) is 6.53.